The third-order valence-corrected chi connectivity index (χ3v) is 19.0. The monoisotopic (exact) mass is 1320 g/mol. The van der Waals surface area contributed by atoms with Crippen LogP contribution in [-0.4, -0.2) is 0 Å². The van der Waals surface area contributed by atoms with E-state index in [1.54, 1.807) is 0 Å². The Morgan fingerprint density at radius 1 is 0.225 bits per heavy atom. The molecule has 3 nitrogen and oxygen atoms in total. The Morgan fingerprint density at radius 2 is 0.431 bits per heavy atom. The van der Waals surface area contributed by atoms with Crippen LogP contribution < -0.4 is 14.7 Å². The predicted molar refractivity (Wildman–Crippen MR) is 441 cm³/mol. The molecular weight excluding hydrogens is 1230 g/mol. The van der Waals surface area contributed by atoms with Crippen LogP contribution in [0.3, 0.4) is 0 Å². The van der Waals surface area contributed by atoms with Crippen molar-refractivity contribution in [2.45, 2.75) is 60.8 Å². The molecule has 0 bridgehead atoms. The van der Waals surface area contributed by atoms with Crippen LogP contribution in [0.2, 0.25) is 0 Å². The fraction of sp³-hybridized carbons (Fsp3) is 0.0909. The summed E-state index contributed by atoms with van der Waals surface area (Å²) in [4.78, 5) is 7.19. The van der Waals surface area contributed by atoms with Crippen molar-refractivity contribution in [1.29, 1.82) is 0 Å². The molecule has 0 N–H and O–H groups in total. The van der Waals surface area contributed by atoms with E-state index >= 15 is 0 Å². The molecule has 0 saturated heterocycles. The first kappa shape index (κ1) is 68.2. The first-order valence-electron chi connectivity index (χ1n) is 35.8. The smallest absolute Gasteiger partial charge is 0.0516 e. The van der Waals surface area contributed by atoms with E-state index in [2.05, 4.69) is 439 Å². The summed E-state index contributed by atoms with van der Waals surface area (Å²) in [5.41, 5.74) is 31.5. The van der Waals surface area contributed by atoms with Crippen molar-refractivity contribution in [1.82, 2.24) is 0 Å². The highest BCUT2D eigenvalue weighted by Gasteiger charge is 2.21. The van der Waals surface area contributed by atoms with Crippen LogP contribution in [-0.2, 0) is 19.3 Å². The Hall–Kier alpha value is -12.3. The molecule has 13 rings (SSSR count). The molecule has 0 aromatic heterocycles. The van der Waals surface area contributed by atoms with Crippen molar-refractivity contribution in [3.63, 3.8) is 0 Å². The molecule has 0 heterocycles. The Morgan fingerprint density at radius 3 is 0.637 bits per heavy atom. The number of benzene rings is 13. The van der Waals surface area contributed by atoms with E-state index in [0.717, 1.165) is 120 Å². The van der Waals surface area contributed by atoms with Crippen LogP contribution in [0.25, 0.3) is 53.2 Å². The molecule has 0 radical (unpaired) electrons. The van der Waals surface area contributed by atoms with Crippen molar-refractivity contribution < 1.29 is 0 Å². The highest BCUT2D eigenvalue weighted by atomic mass is 15.1. The van der Waals surface area contributed by atoms with Crippen molar-refractivity contribution >= 4 is 87.3 Å². The summed E-state index contributed by atoms with van der Waals surface area (Å²) in [5.74, 6) is 0. The average molecular weight is 1320 g/mol. The molecule has 0 fully saturated rings. The van der Waals surface area contributed by atoms with Crippen molar-refractivity contribution in [2.24, 2.45) is 0 Å². The van der Waals surface area contributed by atoms with Crippen molar-refractivity contribution in [3.8, 4) is 0 Å². The minimum atomic E-state index is 0.908. The maximum atomic E-state index is 2.40. The van der Waals surface area contributed by atoms with E-state index in [9.17, 15) is 0 Å². The Kier molecular flexibility index (Phi) is 22.1. The van der Waals surface area contributed by atoms with Gasteiger partial charge in [-0.2, -0.15) is 0 Å². The zero-order valence-electron chi connectivity index (χ0n) is 59.3. The third-order valence-electron chi connectivity index (χ3n) is 19.0. The molecule has 0 saturated carbocycles. The van der Waals surface area contributed by atoms with E-state index in [1.807, 2.05) is 0 Å². The van der Waals surface area contributed by atoms with Crippen molar-refractivity contribution in [2.75, 3.05) is 14.7 Å². The second kappa shape index (κ2) is 33.0. The van der Waals surface area contributed by atoms with Gasteiger partial charge in [-0.05, 0) is 195 Å². The summed E-state index contributed by atoms with van der Waals surface area (Å²) in [5, 5.41) is 0. The molecule has 498 valence electrons. The topological polar surface area (TPSA) is 9.72 Å². The van der Waals surface area contributed by atoms with E-state index in [0.29, 0.717) is 0 Å². The van der Waals surface area contributed by atoms with Gasteiger partial charge in [-0.25, -0.2) is 0 Å². The maximum absolute atomic E-state index is 2.40. The highest BCUT2D eigenvalue weighted by Crippen LogP contribution is 2.41. The van der Waals surface area contributed by atoms with E-state index < -0.39 is 0 Å². The normalized spacial score (nSPS) is 11.2. The van der Waals surface area contributed by atoms with Gasteiger partial charge in [0.05, 0.1) is 17.1 Å². The van der Waals surface area contributed by atoms with Gasteiger partial charge in [-0.15, -0.1) is 0 Å². The molecule has 0 aliphatic rings. The summed E-state index contributed by atoms with van der Waals surface area (Å²) in [6.07, 6.45) is 23.2. The summed E-state index contributed by atoms with van der Waals surface area (Å²) < 4.78 is 0. The largest absolute Gasteiger partial charge is 0.316 e. The molecule has 13 aromatic rings. The van der Waals surface area contributed by atoms with Gasteiger partial charge in [0.1, 0.15) is 0 Å². The minimum Gasteiger partial charge on any atom is -0.316 e. The first-order valence-corrected chi connectivity index (χ1v) is 35.8. The minimum absolute atomic E-state index is 0.908. The van der Waals surface area contributed by atoms with Gasteiger partial charge < -0.3 is 14.7 Å². The van der Waals surface area contributed by atoms with Gasteiger partial charge in [0.2, 0.25) is 0 Å². The first-order chi connectivity index (χ1) is 50.2. The maximum Gasteiger partial charge on any atom is 0.0516 e. The molecule has 102 heavy (non-hydrogen) atoms. The average Bonchev–Trinajstić information content (AvgIpc) is 0.807. The van der Waals surface area contributed by atoms with Crippen LogP contribution in [0.4, 0.5) is 34.1 Å². The molecule has 0 aliphatic carbocycles. The second-order valence-electron chi connectivity index (χ2n) is 26.0. The second-order valence-corrected chi connectivity index (χ2v) is 26.0. The number of aryl methyl sites for hydroxylation is 6. The lowest BCUT2D eigenvalue weighted by Gasteiger charge is -2.27. The van der Waals surface area contributed by atoms with Crippen molar-refractivity contribution in [3.05, 3.63) is 446 Å². The van der Waals surface area contributed by atoms with Gasteiger partial charge >= 0.3 is 0 Å². The lowest BCUT2D eigenvalue weighted by atomic mass is 9.97. The molecule has 0 atom stereocenters. The quantitative estimate of drug-likeness (QED) is 0.0558. The Balaban J connectivity index is 0.863. The number of hydrogen-bond acceptors (Lipinski definition) is 3. The highest BCUT2D eigenvalue weighted by molar-refractivity contribution is 5.89. The number of rotatable bonds is 24. The van der Waals surface area contributed by atoms with Crippen LogP contribution in [0.5, 0.6) is 0 Å². The van der Waals surface area contributed by atoms with Gasteiger partial charge in [-0.3, -0.25) is 0 Å². The van der Waals surface area contributed by atoms with E-state index in [-0.39, 0.29) is 0 Å². The summed E-state index contributed by atoms with van der Waals surface area (Å²) >= 11 is 0. The predicted octanol–water partition coefficient (Wildman–Crippen LogP) is 26.5. The number of hydrogen-bond donors (Lipinski definition) is 0. The Bertz CT molecular complexity index is 4470. The third kappa shape index (κ3) is 16.4. The van der Waals surface area contributed by atoms with Gasteiger partial charge in [0, 0.05) is 52.4 Å². The molecule has 3 heteroatoms. The number of nitrogens with zero attached hydrogens (tertiary/aromatic N) is 3. The van der Waals surface area contributed by atoms with E-state index in [4.69, 9.17) is 0 Å². The van der Waals surface area contributed by atoms with Crippen LogP contribution in [0, 0.1) is 20.8 Å². The molecule has 0 amide bonds. The number of anilines is 6. The number of para-hydroxylation sites is 3. The molecule has 0 unspecified atom stereocenters. The molecular formula is C99H87N3. The zero-order chi connectivity index (χ0) is 70.0. The summed E-state index contributed by atoms with van der Waals surface area (Å²) in [6, 6.07) is 118. The van der Waals surface area contributed by atoms with Crippen LogP contribution >= 0.6 is 0 Å². The molecule has 13 aromatic carbocycles. The van der Waals surface area contributed by atoms with E-state index in [1.165, 1.54) is 50.4 Å². The van der Waals surface area contributed by atoms with Gasteiger partial charge in [0.15, 0.2) is 0 Å². The Labute approximate surface area is 605 Å². The lowest BCUT2D eigenvalue weighted by molar-refractivity contribution is 1.10. The zero-order valence-corrected chi connectivity index (χ0v) is 59.3. The van der Waals surface area contributed by atoms with Crippen LogP contribution in [0.1, 0.15) is 121 Å². The van der Waals surface area contributed by atoms with Gasteiger partial charge in [0.25, 0.3) is 0 Å². The standard InChI is InChI=1S/C99H87N3/c1-7-82-46-28-31-73(4)97(82)100(70-94(85-34-16-10-17-35-85)86-36-18-11-19-37-86)91-61-55-76(56-62-91)49-52-79-67-80(53-50-77-57-63-92(64-58-77)101(98-74(5)32-29-47-83(98)8-2)71-95(87-38-20-12-21-39-87)88-40-22-13-23-41-88)69-81(68-79)54-51-78-59-65-93(66-60-78)102(99-75(6)33-30-48-84(99)9-3)72-96(89-42-24-14-25-43-89)90-44-26-15-27-45-90/h10-72H,7-9H2,1-6H3. The molecule has 0 spiro atoms. The van der Waals surface area contributed by atoms with Crippen LogP contribution in [0.15, 0.2) is 346 Å². The summed E-state index contributed by atoms with van der Waals surface area (Å²) in [7, 11) is 0. The SMILES string of the molecule is CCc1cccc(C)c1N(C=C(c1ccccc1)c1ccccc1)c1ccc(C=Cc2cc(C=Cc3ccc(N(C=C(c4ccccc4)c4ccccc4)c4c(C)cccc4CC)cc3)cc(C=Cc3ccc(N(C=C(c4ccccc4)c4ccccc4)c4c(C)cccc4CC)cc3)c2)cc1. The fourth-order valence-corrected chi connectivity index (χ4v) is 13.7. The summed E-state index contributed by atoms with van der Waals surface area (Å²) in [6.45, 7) is 13.4. The molecule has 0 aliphatic heterocycles. The lowest BCUT2D eigenvalue weighted by Crippen LogP contribution is -2.14. The van der Waals surface area contributed by atoms with Gasteiger partial charge in [-0.1, -0.05) is 330 Å². The fourth-order valence-electron chi connectivity index (χ4n) is 13.7.